The van der Waals surface area contributed by atoms with Gasteiger partial charge in [-0.3, -0.25) is 14.5 Å². The third-order valence-corrected chi connectivity index (χ3v) is 2.97. The summed E-state index contributed by atoms with van der Waals surface area (Å²) in [6.07, 6.45) is 0.942. The molecule has 6 heteroatoms. The number of rotatable bonds is 11. The van der Waals surface area contributed by atoms with Crippen LogP contribution >= 0.6 is 0 Å². The molecule has 0 aromatic carbocycles. The minimum Gasteiger partial charge on any atom is -0.481 e. The molecule has 0 aliphatic carbocycles. The minimum absolute atomic E-state index is 0.0941. The molecule has 1 amide bonds. The summed E-state index contributed by atoms with van der Waals surface area (Å²) in [4.78, 5) is 24.6. The molecule has 0 radical (unpaired) electrons. The van der Waals surface area contributed by atoms with Gasteiger partial charge in [-0.15, -0.1) is 0 Å². The maximum atomic E-state index is 11.8. The third-order valence-electron chi connectivity index (χ3n) is 2.97. The zero-order valence-corrected chi connectivity index (χ0v) is 13.0. The number of aliphatic carboxylic acids is 1. The first-order valence-corrected chi connectivity index (χ1v) is 7.07. The first-order chi connectivity index (χ1) is 9.36. The molecule has 0 saturated heterocycles. The summed E-state index contributed by atoms with van der Waals surface area (Å²) in [6, 6.07) is 0. The van der Waals surface area contributed by atoms with Gasteiger partial charge in [0.25, 0.3) is 0 Å². The van der Waals surface area contributed by atoms with Gasteiger partial charge in [0.15, 0.2) is 0 Å². The third kappa shape index (κ3) is 9.75. The number of nitrogens with one attached hydrogen (secondary N) is 1. The number of hydrogen-bond acceptors (Lipinski definition) is 4. The molecule has 118 valence electrons. The maximum Gasteiger partial charge on any atom is 0.307 e. The molecule has 6 nitrogen and oxygen atoms in total. The van der Waals surface area contributed by atoms with Crippen molar-refractivity contribution >= 4 is 11.9 Å². The highest BCUT2D eigenvalue weighted by atomic mass is 16.5. The van der Waals surface area contributed by atoms with Gasteiger partial charge in [0.1, 0.15) is 0 Å². The Morgan fingerprint density at radius 3 is 2.45 bits per heavy atom. The number of amides is 1. The topological polar surface area (TPSA) is 78.9 Å². The van der Waals surface area contributed by atoms with Crippen LogP contribution in [-0.4, -0.2) is 61.8 Å². The number of methoxy groups -OCH3 is 1. The Kier molecular flexibility index (Phi) is 10.0. The van der Waals surface area contributed by atoms with Gasteiger partial charge >= 0.3 is 5.97 Å². The van der Waals surface area contributed by atoms with Crippen molar-refractivity contribution in [1.29, 1.82) is 0 Å². The Morgan fingerprint density at radius 2 is 1.95 bits per heavy atom. The molecule has 0 bridgehead atoms. The highest BCUT2D eigenvalue weighted by Gasteiger charge is 2.18. The van der Waals surface area contributed by atoms with Crippen LogP contribution in [0.2, 0.25) is 0 Å². The van der Waals surface area contributed by atoms with E-state index in [4.69, 9.17) is 9.84 Å². The Hall–Kier alpha value is -1.14. The predicted molar refractivity (Wildman–Crippen MR) is 77.6 cm³/mol. The average Bonchev–Trinajstić information content (AvgIpc) is 2.35. The first-order valence-electron chi connectivity index (χ1n) is 7.07. The van der Waals surface area contributed by atoms with Crippen LogP contribution in [0, 0.1) is 11.8 Å². The minimum atomic E-state index is -0.834. The summed E-state index contributed by atoms with van der Waals surface area (Å²) in [5.41, 5.74) is 0. The highest BCUT2D eigenvalue weighted by Crippen LogP contribution is 2.05. The van der Waals surface area contributed by atoms with Gasteiger partial charge in [0, 0.05) is 20.2 Å². The standard InChI is InChI=1S/C14H28N2O4/c1-11(2)5-7-16(9-12(3)14(18)19)10-13(17)15-6-8-20-4/h11-12H,5-10H2,1-4H3,(H,15,17)(H,18,19). The summed E-state index contributed by atoms with van der Waals surface area (Å²) < 4.78 is 4.87. The zero-order chi connectivity index (χ0) is 15.5. The molecule has 1 atom stereocenters. The number of carbonyl (C=O) groups excluding carboxylic acids is 1. The van der Waals surface area contributed by atoms with Crippen molar-refractivity contribution in [2.45, 2.75) is 27.2 Å². The van der Waals surface area contributed by atoms with E-state index < -0.39 is 11.9 Å². The van der Waals surface area contributed by atoms with Crippen LogP contribution in [0.4, 0.5) is 0 Å². The van der Waals surface area contributed by atoms with Crippen molar-refractivity contribution in [3.63, 3.8) is 0 Å². The average molecular weight is 288 g/mol. The Balaban J connectivity index is 4.28. The van der Waals surface area contributed by atoms with Gasteiger partial charge in [0.2, 0.25) is 5.91 Å². The second-order valence-corrected chi connectivity index (χ2v) is 5.50. The molecule has 20 heavy (non-hydrogen) atoms. The quantitative estimate of drug-likeness (QED) is 0.550. The second kappa shape index (κ2) is 10.6. The van der Waals surface area contributed by atoms with E-state index in [1.807, 2.05) is 4.90 Å². The first kappa shape index (κ1) is 18.9. The van der Waals surface area contributed by atoms with Crippen molar-refractivity contribution in [2.75, 3.05) is 39.9 Å². The van der Waals surface area contributed by atoms with Gasteiger partial charge in [-0.1, -0.05) is 20.8 Å². The number of carbonyl (C=O) groups is 2. The molecule has 0 aliphatic rings. The van der Waals surface area contributed by atoms with E-state index in [0.29, 0.717) is 25.6 Å². The monoisotopic (exact) mass is 288 g/mol. The molecule has 0 aromatic heterocycles. The molecule has 0 saturated carbocycles. The molecule has 0 rings (SSSR count). The molecular weight excluding hydrogens is 260 g/mol. The van der Waals surface area contributed by atoms with E-state index in [2.05, 4.69) is 19.2 Å². The van der Waals surface area contributed by atoms with Crippen LogP contribution in [0.5, 0.6) is 0 Å². The highest BCUT2D eigenvalue weighted by molar-refractivity contribution is 5.78. The fourth-order valence-electron chi connectivity index (χ4n) is 1.69. The molecular formula is C14H28N2O4. The van der Waals surface area contributed by atoms with E-state index in [1.165, 1.54) is 0 Å². The van der Waals surface area contributed by atoms with Crippen LogP contribution in [0.25, 0.3) is 0 Å². The molecule has 0 fully saturated rings. The largest absolute Gasteiger partial charge is 0.481 e. The van der Waals surface area contributed by atoms with E-state index in [0.717, 1.165) is 13.0 Å². The Morgan fingerprint density at radius 1 is 1.30 bits per heavy atom. The molecule has 0 aromatic rings. The summed E-state index contributed by atoms with van der Waals surface area (Å²) in [6.45, 7) is 8.17. The molecule has 1 unspecified atom stereocenters. The predicted octanol–water partition coefficient (Wildman–Crippen LogP) is 0.818. The second-order valence-electron chi connectivity index (χ2n) is 5.50. The SMILES string of the molecule is COCCNC(=O)CN(CCC(C)C)CC(C)C(=O)O. The van der Waals surface area contributed by atoms with Gasteiger partial charge in [-0.25, -0.2) is 0 Å². The number of hydrogen-bond donors (Lipinski definition) is 2. The van der Waals surface area contributed by atoms with Crippen LogP contribution in [-0.2, 0) is 14.3 Å². The Labute approximate surface area is 121 Å². The van der Waals surface area contributed by atoms with Crippen LogP contribution in [0.15, 0.2) is 0 Å². The van der Waals surface area contributed by atoms with E-state index >= 15 is 0 Å². The van der Waals surface area contributed by atoms with Gasteiger partial charge in [-0.05, 0) is 18.9 Å². The fraction of sp³-hybridized carbons (Fsp3) is 0.857. The Bertz CT molecular complexity index is 295. The number of nitrogens with zero attached hydrogens (tertiary/aromatic N) is 1. The lowest BCUT2D eigenvalue weighted by atomic mass is 10.1. The zero-order valence-electron chi connectivity index (χ0n) is 13.0. The van der Waals surface area contributed by atoms with Crippen molar-refractivity contribution in [3.8, 4) is 0 Å². The lowest BCUT2D eigenvalue weighted by Crippen LogP contribution is -2.41. The summed E-state index contributed by atoms with van der Waals surface area (Å²) in [7, 11) is 1.58. The van der Waals surface area contributed by atoms with Crippen LogP contribution < -0.4 is 5.32 Å². The van der Waals surface area contributed by atoms with Crippen LogP contribution in [0.1, 0.15) is 27.2 Å². The van der Waals surface area contributed by atoms with E-state index in [1.54, 1.807) is 14.0 Å². The van der Waals surface area contributed by atoms with Crippen molar-refractivity contribution in [2.24, 2.45) is 11.8 Å². The van der Waals surface area contributed by atoms with Gasteiger partial charge in [0.05, 0.1) is 19.1 Å². The summed E-state index contributed by atoms with van der Waals surface area (Å²) in [5.74, 6) is -0.883. The lowest BCUT2D eigenvalue weighted by molar-refractivity contribution is -0.142. The molecule has 0 heterocycles. The number of ether oxygens (including phenoxy) is 1. The summed E-state index contributed by atoms with van der Waals surface area (Å²) in [5, 5.41) is 11.7. The maximum absolute atomic E-state index is 11.8. The molecule has 0 spiro atoms. The van der Waals surface area contributed by atoms with Gasteiger partial charge in [-0.2, -0.15) is 0 Å². The normalized spacial score (nSPS) is 12.7. The lowest BCUT2D eigenvalue weighted by Gasteiger charge is -2.24. The smallest absolute Gasteiger partial charge is 0.307 e. The van der Waals surface area contributed by atoms with E-state index in [-0.39, 0.29) is 12.5 Å². The van der Waals surface area contributed by atoms with Crippen molar-refractivity contribution in [1.82, 2.24) is 10.2 Å². The number of carboxylic acid groups (broad SMARTS) is 1. The van der Waals surface area contributed by atoms with Crippen LogP contribution in [0.3, 0.4) is 0 Å². The van der Waals surface area contributed by atoms with Crippen molar-refractivity contribution < 1.29 is 19.4 Å². The summed E-state index contributed by atoms with van der Waals surface area (Å²) >= 11 is 0. The number of carboxylic acids is 1. The fourth-order valence-corrected chi connectivity index (χ4v) is 1.69. The van der Waals surface area contributed by atoms with Crippen molar-refractivity contribution in [3.05, 3.63) is 0 Å². The molecule has 0 aliphatic heterocycles. The van der Waals surface area contributed by atoms with Gasteiger partial charge < -0.3 is 15.2 Å². The van der Waals surface area contributed by atoms with E-state index in [9.17, 15) is 9.59 Å². The molecule has 2 N–H and O–H groups in total.